The predicted molar refractivity (Wildman–Crippen MR) is 142 cm³/mol. The Kier molecular flexibility index (Phi) is 6.43. The van der Waals surface area contributed by atoms with E-state index in [4.69, 9.17) is 18.9 Å². The van der Waals surface area contributed by atoms with Crippen LogP contribution in [0.4, 0.5) is 0 Å². The molecule has 1 N–H and O–H groups in total. The van der Waals surface area contributed by atoms with Gasteiger partial charge in [0.05, 0.1) is 18.2 Å². The van der Waals surface area contributed by atoms with Crippen LogP contribution in [0.15, 0.2) is 54.3 Å². The average molecular weight is 515 g/mol. The fraction of sp³-hybridized carbons (Fsp3) is 0.300. The Morgan fingerprint density at radius 2 is 1.66 bits per heavy atom. The molecule has 196 valence electrons. The molecule has 0 bridgehead atoms. The van der Waals surface area contributed by atoms with E-state index in [0.29, 0.717) is 29.0 Å². The van der Waals surface area contributed by atoms with Gasteiger partial charge in [-0.3, -0.25) is 14.6 Å². The fourth-order valence-corrected chi connectivity index (χ4v) is 5.21. The van der Waals surface area contributed by atoms with E-state index in [0.717, 1.165) is 55.5 Å². The average Bonchev–Trinajstić information content (AvgIpc) is 3.52. The standard InChI is InChI=1S/C30H30N2O6/c1-19-13-24(33)23(30-28(19)29(34)27(38-30)14-20-3-6-22(35-2)7-4-20)17-32-11-9-31(10-12-32)16-21-5-8-25-26(15-21)37-18-36-25/h3-8,13-15,33H,9-12,16-18H2,1-2H3/b27-14-. The van der Waals surface area contributed by atoms with Crippen LogP contribution < -0.4 is 18.9 Å². The number of rotatable bonds is 6. The van der Waals surface area contributed by atoms with Gasteiger partial charge in [0.2, 0.25) is 12.6 Å². The van der Waals surface area contributed by atoms with Crippen LogP contribution in [-0.2, 0) is 13.1 Å². The maximum atomic E-state index is 13.3. The number of allylic oxidation sites excluding steroid dienone is 1. The summed E-state index contributed by atoms with van der Waals surface area (Å²) >= 11 is 0. The Morgan fingerprint density at radius 3 is 2.39 bits per heavy atom. The molecule has 0 radical (unpaired) electrons. The highest BCUT2D eigenvalue weighted by Crippen LogP contribution is 2.42. The van der Waals surface area contributed by atoms with Gasteiger partial charge in [0, 0.05) is 39.3 Å². The number of hydrogen-bond donors (Lipinski definition) is 1. The number of piperazine rings is 1. The summed E-state index contributed by atoms with van der Waals surface area (Å²) in [7, 11) is 1.61. The van der Waals surface area contributed by atoms with Gasteiger partial charge in [-0.2, -0.15) is 0 Å². The van der Waals surface area contributed by atoms with E-state index in [1.807, 2.05) is 43.3 Å². The third-order valence-corrected chi connectivity index (χ3v) is 7.32. The highest BCUT2D eigenvalue weighted by Gasteiger charge is 2.34. The molecule has 0 unspecified atom stereocenters. The van der Waals surface area contributed by atoms with Crippen molar-refractivity contribution in [2.75, 3.05) is 40.1 Å². The zero-order chi connectivity index (χ0) is 26.2. The molecule has 0 saturated carbocycles. The number of methoxy groups -OCH3 is 1. The number of benzene rings is 3. The molecule has 3 aliphatic heterocycles. The number of aryl methyl sites for hydroxylation is 1. The van der Waals surface area contributed by atoms with Gasteiger partial charge < -0.3 is 24.1 Å². The van der Waals surface area contributed by atoms with Crippen molar-refractivity contribution in [2.45, 2.75) is 20.0 Å². The van der Waals surface area contributed by atoms with Crippen molar-refractivity contribution in [3.8, 4) is 28.7 Å². The van der Waals surface area contributed by atoms with Crippen LogP contribution in [0, 0.1) is 6.92 Å². The largest absolute Gasteiger partial charge is 0.507 e. The van der Waals surface area contributed by atoms with E-state index in [1.165, 1.54) is 5.56 Å². The molecular formula is C30H30N2O6. The second-order valence-corrected chi connectivity index (χ2v) is 9.85. The minimum atomic E-state index is -0.164. The first kappa shape index (κ1) is 24.3. The number of ether oxygens (including phenoxy) is 4. The first-order chi connectivity index (χ1) is 18.5. The smallest absolute Gasteiger partial charge is 0.232 e. The van der Waals surface area contributed by atoms with Crippen LogP contribution in [0.5, 0.6) is 28.7 Å². The maximum Gasteiger partial charge on any atom is 0.232 e. The Balaban J connectivity index is 1.14. The molecule has 8 nitrogen and oxygen atoms in total. The van der Waals surface area contributed by atoms with E-state index in [-0.39, 0.29) is 24.1 Å². The summed E-state index contributed by atoms with van der Waals surface area (Å²) in [6.45, 7) is 6.93. The van der Waals surface area contributed by atoms with E-state index in [1.54, 1.807) is 19.3 Å². The summed E-state index contributed by atoms with van der Waals surface area (Å²) in [5.74, 6) is 3.06. The normalized spacial score (nSPS) is 18.1. The number of carbonyl (C=O) groups excluding carboxylic acids is 1. The predicted octanol–water partition coefficient (Wildman–Crippen LogP) is 4.37. The number of carbonyl (C=O) groups is 1. The number of ketones is 1. The van der Waals surface area contributed by atoms with Crippen molar-refractivity contribution in [1.82, 2.24) is 9.80 Å². The Morgan fingerprint density at radius 1 is 0.947 bits per heavy atom. The zero-order valence-electron chi connectivity index (χ0n) is 21.5. The summed E-state index contributed by atoms with van der Waals surface area (Å²) in [4.78, 5) is 17.9. The molecule has 0 aromatic heterocycles. The second kappa shape index (κ2) is 10.0. The van der Waals surface area contributed by atoms with Gasteiger partial charge in [0.15, 0.2) is 17.3 Å². The lowest BCUT2D eigenvalue weighted by molar-refractivity contribution is 0.101. The summed E-state index contributed by atoms with van der Waals surface area (Å²) < 4.78 is 22.2. The van der Waals surface area contributed by atoms with E-state index >= 15 is 0 Å². The zero-order valence-corrected chi connectivity index (χ0v) is 21.5. The summed E-state index contributed by atoms with van der Waals surface area (Å²) in [5.41, 5.74) is 3.92. The summed E-state index contributed by atoms with van der Waals surface area (Å²) in [5, 5.41) is 10.8. The van der Waals surface area contributed by atoms with Crippen molar-refractivity contribution in [3.05, 3.63) is 82.1 Å². The van der Waals surface area contributed by atoms with Crippen molar-refractivity contribution in [3.63, 3.8) is 0 Å². The van der Waals surface area contributed by atoms with Crippen LogP contribution in [0.3, 0.4) is 0 Å². The Bertz CT molecular complexity index is 1410. The third kappa shape index (κ3) is 4.68. The van der Waals surface area contributed by atoms with Gasteiger partial charge in [-0.05, 0) is 60.0 Å². The van der Waals surface area contributed by atoms with Gasteiger partial charge in [0.25, 0.3) is 0 Å². The number of nitrogens with zero attached hydrogens (tertiary/aromatic N) is 2. The molecule has 3 aliphatic rings. The SMILES string of the molecule is COc1ccc(/C=C2\Oc3c(CN4CCN(Cc5ccc6c(c5)OCO6)CC4)c(O)cc(C)c3C2=O)cc1. The molecule has 6 rings (SSSR count). The molecular weight excluding hydrogens is 484 g/mol. The number of hydrogen-bond acceptors (Lipinski definition) is 8. The first-order valence-electron chi connectivity index (χ1n) is 12.8. The molecule has 8 heteroatoms. The highest BCUT2D eigenvalue weighted by molar-refractivity contribution is 6.15. The first-order valence-corrected chi connectivity index (χ1v) is 12.8. The van der Waals surface area contributed by atoms with Crippen LogP contribution in [0.2, 0.25) is 0 Å². The number of aromatic hydroxyl groups is 1. The molecule has 3 heterocycles. The van der Waals surface area contributed by atoms with E-state index < -0.39 is 0 Å². The lowest BCUT2D eigenvalue weighted by Crippen LogP contribution is -2.45. The van der Waals surface area contributed by atoms with Gasteiger partial charge in [0.1, 0.15) is 17.2 Å². The van der Waals surface area contributed by atoms with E-state index in [9.17, 15) is 9.90 Å². The molecule has 0 aliphatic carbocycles. The molecule has 38 heavy (non-hydrogen) atoms. The van der Waals surface area contributed by atoms with Gasteiger partial charge in [-0.25, -0.2) is 0 Å². The van der Waals surface area contributed by atoms with Crippen LogP contribution >= 0.6 is 0 Å². The Hall–Kier alpha value is -4.01. The van der Waals surface area contributed by atoms with Crippen molar-refractivity contribution in [2.24, 2.45) is 0 Å². The molecule has 0 spiro atoms. The van der Waals surface area contributed by atoms with Crippen LogP contribution in [0.1, 0.15) is 32.6 Å². The lowest BCUT2D eigenvalue weighted by atomic mass is 9.99. The molecule has 3 aromatic carbocycles. The second-order valence-electron chi connectivity index (χ2n) is 9.85. The number of fused-ring (bicyclic) bond motifs is 2. The molecule has 3 aromatic rings. The lowest BCUT2D eigenvalue weighted by Gasteiger charge is -2.35. The van der Waals surface area contributed by atoms with Crippen LogP contribution in [0.25, 0.3) is 6.08 Å². The van der Waals surface area contributed by atoms with Crippen molar-refractivity contribution < 1.29 is 28.8 Å². The number of Topliss-reactive ketones (excluding diaryl/α,β-unsaturated/α-hetero) is 1. The highest BCUT2D eigenvalue weighted by atomic mass is 16.7. The third-order valence-electron chi connectivity index (χ3n) is 7.32. The van der Waals surface area contributed by atoms with Gasteiger partial charge in [-0.15, -0.1) is 0 Å². The summed E-state index contributed by atoms with van der Waals surface area (Å²) in [6.07, 6.45) is 1.73. The number of phenolic OH excluding ortho intramolecular Hbond substituents is 1. The minimum absolute atomic E-state index is 0.155. The molecule has 0 amide bonds. The van der Waals surface area contributed by atoms with Gasteiger partial charge in [-0.1, -0.05) is 18.2 Å². The molecule has 1 saturated heterocycles. The van der Waals surface area contributed by atoms with Crippen molar-refractivity contribution >= 4 is 11.9 Å². The topological polar surface area (TPSA) is 80.7 Å². The van der Waals surface area contributed by atoms with Crippen LogP contribution in [-0.4, -0.2) is 60.8 Å². The maximum absolute atomic E-state index is 13.3. The quantitative estimate of drug-likeness (QED) is 0.486. The van der Waals surface area contributed by atoms with Crippen molar-refractivity contribution in [1.29, 1.82) is 0 Å². The number of phenols is 1. The fourth-order valence-electron chi connectivity index (χ4n) is 5.21. The Labute approximate surface area is 221 Å². The minimum Gasteiger partial charge on any atom is -0.507 e. The monoisotopic (exact) mass is 514 g/mol. The molecule has 0 atom stereocenters. The van der Waals surface area contributed by atoms with E-state index in [2.05, 4.69) is 15.9 Å². The van der Waals surface area contributed by atoms with Gasteiger partial charge >= 0.3 is 0 Å². The summed E-state index contributed by atoms with van der Waals surface area (Å²) in [6, 6.07) is 15.2. The molecule has 1 fully saturated rings.